The quantitative estimate of drug-likeness (QED) is 0.787. The van der Waals surface area contributed by atoms with Crippen molar-refractivity contribution in [2.75, 3.05) is 0 Å². The number of hydrogen-bond acceptors (Lipinski definition) is 3. The maximum Gasteiger partial charge on any atom is 0.244 e. The first-order valence-corrected chi connectivity index (χ1v) is 7.14. The van der Waals surface area contributed by atoms with Gasteiger partial charge in [-0.15, -0.1) is 0 Å². The molecule has 0 spiro atoms. The Morgan fingerprint density at radius 2 is 2.05 bits per heavy atom. The van der Waals surface area contributed by atoms with Gasteiger partial charge >= 0.3 is 0 Å². The van der Waals surface area contributed by atoms with Crippen molar-refractivity contribution in [1.82, 2.24) is 15.1 Å². The van der Waals surface area contributed by atoms with Gasteiger partial charge in [-0.05, 0) is 24.6 Å². The van der Waals surface area contributed by atoms with E-state index in [1.165, 1.54) is 0 Å². The molecule has 3 rings (SSSR count). The van der Waals surface area contributed by atoms with Crippen LogP contribution in [-0.2, 0) is 11.3 Å². The maximum atomic E-state index is 12.2. The van der Waals surface area contributed by atoms with Crippen molar-refractivity contribution in [3.05, 3.63) is 66.9 Å². The van der Waals surface area contributed by atoms with Gasteiger partial charge in [-0.3, -0.25) is 9.48 Å². The number of amides is 1. The average molecular weight is 295 g/mol. The summed E-state index contributed by atoms with van der Waals surface area (Å²) in [5.74, 6) is 0.630. The summed E-state index contributed by atoms with van der Waals surface area (Å²) in [5.41, 5.74) is 2.07. The van der Waals surface area contributed by atoms with Crippen LogP contribution in [0.1, 0.15) is 18.7 Å². The summed E-state index contributed by atoms with van der Waals surface area (Å²) in [4.78, 5) is 12.2. The van der Waals surface area contributed by atoms with E-state index in [-0.39, 0.29) is 11.9 Å². The number of furan rings is 1. The number of nitrogens with one attached hydrogen (secondary N) is 1. The van der Waals surface area contributed by atoms with Gasteiger partial charge in [0.25, 0.3) is 0 Å². The summed E-state index contributed by atoms with van der Waals surface area (Å²) in [7, 11) is 0. The van der Waals surface area contributed by atoms with Crippen LogP contribution in [0.25, 0.3) is 11.1 Å². The minimum atomic E-state index is -0.382. The highest BCUT2D eigenvalue weighted by Gasteiger charge is 2.16. The van der Waals surface area contributed by atoms with Crippen molar-refractivity contribution in [3.8, 4) is 11.1 Å². The third-order valence-corrected chi connectivity index (χ3v) is 3.50. The Balaban J connectivity index is 1.66. The van der Waals surface area contributed by atoms with Crippen molar-refractivity contribution >= 4 is 5.91 Å². The van der Waals surface area contributed by atoms with Crippen LogP contribution < -0.4 is 5.32 Å². The highest BCUT2D eigenvalue weighted by Crippen LogP contribution is 2.19. The number of carbonyl (C=O) groups excluding carboxylic acids is 1. The first kappa shape index (κ1) is 14.1. The molecule has 0 aliphatic carbocycles. The van der Waals surface area contributed by atoms with E-state index < -0.39 is 0 Å². The molecule has 2 aromatic heterocycles. The molecule has 1 N–H and O–H groups in total. The number of hydrogen-bond donors (Lipinski definition) is 1. The molecule has 0 saturated heterocycles. The Bertz CT molecular complexity index is 732. The Kier molecular flexibility index (Phi) is 4.05. The van der Waals surface area contributed by atoms with E-state index in [0.717, 1.165) is 16.9 Å². The molecule has 5 nitrogen and oxygen atoms in total. The normalized spacial score (nSPS) is 12.0. The first-order valence-electron chi connectivity index (χ1n) is 7.14. The van der Waals surface area contributed by atoms with Crippen LogP contribution in [-0.4, -0.2) is 15.7 Å². The molecule has 2 heterocycles. The zero-order chi connectivity index (χ0) is 15.4. The van der Waals surface area contributed by atoms with Gasteiger partial charge in [0.2, 0.25) is 5.91 Å². The van der Waals surface area contributed by atoms with Crippen molar-refractivity contribution in [2.24, 2.45) is 0 Å². The Morgan fingerprint density at radius 3 is 2.77 bits per heavy atom. The molecule has 3 aromatic rings. The van der Waals surface area contributed by atoms with Gasteiger partial charge in [0.05, 0.1) is 19.0 Å². The lowest BCUT2D eigenvalue weighted by Crippen LogP contribution is -2.30. The minimum Gasteiger partial charge on any atom is -0.467 e. The predicted molar refractivity (Wildman–Crippen MR) is 82.9 cm³/mol. The third-order valence-electron chi connectivity index (χ3n) is 3.50. The van der Waals surface area contributed by atoms with Gasteiger partial charge in [0.15, 0.2) is 0 Å². The van der Waals surface area contributed by atoms with Gasteiger partial charge in [-0.2, -0.15) is 5.10 Å². The molecular weight excluding hydrogens is 278 g/mol. The van der Waals surface area contributed by atoms with E-state index in [9.17, 15) is 4.79 Å². The molecule has 1 amide bonds. The monoisotopic (exact) mass is 295 g/mol. The fourth-order valence-corrected chi connectivity index (χ4v) is 2.18. The van der Waals surface area contributed by atoms with E-state index in [1.54, 1.807) is 23.2 Å². The van der Waals surface area contributed by atoms with Gasteiger partial charge in [0, 0.05) is 11.8 Å². The van der Waals surface area contributed by atoms with Gasteiger partial charge in [-0.25, -0.2) is 0 Å². The fourth-order valence-electron chi connectivity index (χ4n) is 2.18. The molecule has 0 bridgehead atoms. The van der Waals surface area contributed by atoms with Gasteiger partial charge in [-0.1, -0.05) is 30.3 Å². The molecule has 1 aromatic carbocycles. The van der Waals surface area contributed by atoms with E-state index in [4.69, 9.17) is 4.42 Å². The van der Waals surface area contributed by atoms with Crippen molar-refractivity contribution in [3.63, 3.8) is 0 Å². The Hall–Kier alpha value is -2.82. The summed E-state index contributed by atoms with van der Waals surface area (Å²) in [6.07, 6.45) is 5.24. The highest BCUT2D eigenvalue weighted by atomic mass is 16.3. The first-order chi connectivity index (χ1) is 10.7. The second kappa shape index (κ2) is 6.30. The fraction of sp³-hybridized carbons (Fsp3) is 0.176. The third kappa shape index (κ3) is 3.09. The highest BCUT2D eigenvalue weighted by molar-refractivity contribution is 5.79. The smallest absolute Gasteiger partial charge is 0.244 e. The lowest BCUT2D eigenvalue weighted by molar-refractivity contribution is -0.124. The zero-order valence-corrected chi connectivity index (χ0v) is 12.3. The molecule has 1 atom stereocenters. The number of rotatable bonds is 5. The minimum absolute atomic E-state index is 0.0980. The Labute approximate surface area is 128 Å². The molecular formula is C17H17N3O2. The van der Waals surface area contributed by atoms with E-state index in [1.807, 2.05) is 49.5 Å². The summed E-state index contributed by atoms with van der Waals surface area (Å²) in [5, 5.41) is 7.13. The predicted octanol–water partition coefficient (Wildman–Crippen LogP) is 3.02. The number of nitrogens with zero attached hydrogens (tertiary/aromatic N) is 2. The molecule has 0 unspecified atom stereocenters. The van der Waals surface area contributed by atoms with Gasteiger partial charge < -0.3 is 9.73 Å². The van der Waals surface area contributed by atoms with Gasteiger partial charge in [0.1, 0.15) is 11.8 Å². The van der Waals surface area contributed by atoms with E-state index in [2.05, 4.69) is 10.4 Å². The number of aromatic nitrogens is 2. The zero-order valence-electron chi connectivity index (χ0n) is 12.3. The van der Waals surface area contributed by atoms with Crippen LogP contribution in [0, 0.1) is 0 Å². The standard InChI is InChI=1S/C17H17N3O2/c1-13(17(21)18-11-16-8-5-9-22-16)20-12-15(10-19-20)14-6-3-2-4-7-14/h2-10,12-13H,11H2,1H3,(H,18,21)/t13-/m0/s1. The lowest BCUT2D eigenvalue weighted by Gasteiger charge is -2.11. The summed E-state index contributed by atoms with van der Waals surface area (Å²) in [6, 6.07) is 13.2. The van der Waals surface area contributed by atoms with Crippen molar-refractivity contribution < 1.29 is 9.21 Å². The summed E-state index contributed by atoms with van der Waals surface area (Å²) >= 11 is 0. The van der Waals surface area contributed by atoms with Crippen LogP contribution in [0.3, 0.4) is 0 Å². The number of benzene rings is 1. The molecule has 112 valence electrons. The van der Waals surface area contributed by atoms with Crippen LogP contribution in [0.2, 0.25) is 0 Å². The maximum absolute atomic E-state index is 12.2. The molecule has 0 radical (unpaired) electrons. The Morgan fingerprint density at radius 1 is 1.23 bits per heavy atom. The molecule has 5 heteroatoms. The topological polar surface area (TPSA) is 60.1 Å². The van der Waals surface area contributed by atoms with Crippen molar-refractivity contribution in [2.45, 2.75) is 19.5 Å². The lowest BCUT2D eigenvalue weighted by atomic mass is 10.1. The largest absolute Gasteiger partial charge is 0.467 e. The molecule has 0 aliphatic rings. The van der Waals surface area contributed by atoms with Crippen LogP contribution in [0.15, 0.2) is 65.5 Å². The number of carbonyl (C=O) groups is 1. The van der Waals surface area contributed by atoms with E-state index >= 15 is 0 Å². The molecule has 0 fully saturated rings. The molecule has 0 saturated carbocycles. The van der Waals surface area contributed by atoms with E-state index in [0.29, 0.717) is 6.54 Å². The summed E-state index contributed by atoms with van der Waals surface area (Å²) in [6.45, 7) is 2.20. The van der Waals surface area contributed by atoms with Crippen LogP contribution in [0.5, 0.6) is 0 Å². The van der Waals surface area contributed by atoms with Crippen molar-refractivity contribution in [1.29, 1.82) is 0 Å². The molecule has 22 heavy (non-hydrogen) atoms. The average Bonchev–Trinajstić information content (AvgIpc) is 3.24. The van der Waals surface area contributed by atoms with Crippen LogP contribution in [0.4, 0.5) is 0 Å². The summed E-state index contributed by atoms with van der Waals surface area (Å²) < 4.78 is 6.86. The SMILES string of the molecule is C[C@@H](C(=O)NCc1ccco1)n1cc(-c2ccccc2)cn1. The van der Waals surface area contributed by atoms with Crippen LogP contribution >= 0.6 is 0 Å². The molecule has 0 aliphatic heterocycles. The second-order valence-corrected chi connectivity index (χ2v) is 5.05. The second-order valence-electron chi connectivity index (χ2n) is 5.05.